The molecule has 1 unspecified atom stereocenters. The Morgan fingerprint density at radius 1 is 1.14 bits per heavy atom. The lowest BCUT2D eigenvalue weighted by molar-refractivity contribution is -0.132. The van der Waals surface area contributed by atoms with Crippen molar-refractivity contribution in [3.8, 4) is 11.5 Å². The van der Waals surface area contributed by atoms with Gasteiger partial charge in [0.2, 0.25) is 5.13 Å². The number of aromatic nitrogens is 4. The standard InChI is InChI=1S/C24H21N5O5S/c1-11-6-5-9-28-12(2)18(25-22(11)28)20(31)17-19(14-7-8-15(30)16(10-14)34-4)29(23(33)21(17)32)24-27-26-13(3)35-24/h5-10,19,30-31H,1-4H3/b20-17+. The highest BCUT2D eigenvalue weighted by atomic mass is 32.1. The molecule has 1 fully saturated rings. The number of aryl methyl sites for hydroxylation is 3. The molecule has 2 N–H and O–H groups in total. The lowest BCUT2D eigenvalue weighted by Crippen LogP contribution is -2.29. The van der Waals surface area contributed by atoms with Crippen molar-refractivity contribution in [1.82, 2.24) is 19.6 Å². The van der Waals surface area contributed by atoms with Crippen LogP contribution < -0.4 is 9.64 Å². The van der Waals surface area contributed by atoms with Crippen molar-refractivity contribution in [2.24, 2.45) is 0 Å². The predicted molar refractivity (Wildman–Crippen MR) is 129 cm³/mol. The molecule has 0 saturated carbocycles. The van der Waals surface area contributed by atoms with Crippen LogP contribution in [-0.4, -0.2) is 48.6 Å². The number of benzene rings is 1. The summed E-state index contributed by atoms with van der Waals surface area (Å²) >= 11 is 1.15. The van der Waals surface area contributed by atoms with Gasteiger partial charge < -0.3 is 19.4 Å². The maximum atomic E-state index is 13.3. The summed E-state index contributed by atoms with van der Waals surface area (Å²) in [6, 6.07) is 7.19. The van der Waals surface area contributed by atoms with Crippen LogP contribution in [0, 0.1) is 20.8 Å². The molecule has 1 aromatic carbocycles. The van der Waals surface area contributed by atoms with Crippen LogP contribution in [0.3, 0.4) is 0 Å². The van der Waals surface area contributed by atoms with Crippen LogP contribution in [0.4, 0.5) is 5.13 Å². The zero-order valence-electron chi connectivity index (χ0n) is 19.3. The van der Waals surface area contributed by atoms with E-state index >= 15 is 0 Å². The molecule has 1 saturated heterocycles. The first-order valence-electron chi connectivity index (χ1n) is 10.7. The quantitative estimate of drug-likeness (QED) is 0.252. The molecule has 1 aliphatic heterocycles. The molecular weight excluding hydrogens is 470 g/mol. The first kappa shape index (κ1) is 22.5. The molecule has 5 rings (SSSR count). The topological polar surface area (TPSA) is 130 Å². The smallest absolute Gasteiger partial charge is 0.301 e. The number of carbonyl (C=O) groups is 2. The van der Waals surface area contributed by atoms with Gasteiger partial charge in [-0.1, -0.05) is 23.5 Å². The minimum absolute atomic E-state index is 0.105. The van der Waals surface area contributed by atoms with Crippen LogP contribution in [0.1, 0.15) is 33.6 Å². The molecule has 4 heterocycles. The SMILES string of the molecule is COc1cc(C2/C(=C(\O)c3nc4c(C)cccn4c3C)C(=O)C(=O)N2c2nnc(C)s2)ccc1O. The molecule has 10 nitrogen and oxygen atoms in total. The summed E-state index contributed by atoms with van der Waals surface area (Å²) in [4.78, 5) is 32.4. The van der Waals surface area contributed by atoms with Gasteiger partial charge in [-0.2, -0.15) is 0 Å². The number of aliphatic hydroxyl groups excluding tert-OH is 1. The number of rotatable bonds is 4. The average molecular weight is 492 g/mol. The highest BCUT2D eigenvalue weighted by Crippen LogP contribution is 2.44. The Morgan fingerprint density at radius 3 is 2.57 bits per heavy atom. The fraction of sp³-hybridized carbons (Fsp3) is 0.208. The van der Waals surface area contributed by atoms with E-state index in [0.717, 1.165) is 16.9 Å². The Hall–Kier alpha value is -4.25. The van der Waals surface area contributed by atoms with Crippen molar-refractivity contribution in [2.75, 3.05) is 12.0 Å². The van der Waals surface area contributed by atoms with E-state index in [1.165, 1.54) is 24.1 Å². The summed E-state index contributed by atoms with van der Waals surface area (Å²) in [5.41, 5.74) is 2.62. The largest absolute Gasteiger partial charge is 0.505 e. The molecule has 11 heteroatoms. The van der Waals surface area contributed by atoms with E-state index in [4.69, 9.17) is 4.74 Å². The van der Waals surface area contributed by atoms with E-state index in [0.29, 0.717) is 21.9 Å². The highest BCUT2D eigenvalue weighted by Gasteiger charge is 2.49. The summed E-state index contributed by atoms with van der Waals surface area (Å²) in [6.45, 7) is 5.40. The number of ether oxygens (including phenoxy) is 1. The fourth-order valence-electron chi connectivity index (χ4n) is 4.27. The van der Waals surface area contributed by atoms with Crippen molar-refractivity contribution >= 4 is 39.6 Å². The number of nitrogens with zero attached hydrogens (tertiary/aromatic N) is 5. The molecule has 0 radical (unpaired) electrons. The molecule has 35 heavy (non-hydrogen) atoms. The molecule has 3 aromatic heterocycles. The van der Waals surface area contributed by atoms with Gasteiger partial charge in [0.25, 0.3) is 5.78 Å². The van der Waals surface area contributed by atoms with E-state index in [9.17, 15) is 19.8 Å². The maximum absolute atomic E-state index is 13.3. The number of pyridine rings is 1. The van der Waals surface area contributed by atoms with Crippen molar-refractivity contribution in [3.63, 3.8) is 0 Å². The summed E-state index contributed by atoms with van der Waals surface area (Å²) < 4.78 is 7.05. The monoisotopic (exact) mass is 491 g/mol. The Morgan fingerprint density at radius 2 is 1.91 bits per heavy atom. The normalized spacial score (nSPS) is 17.5. The number of ketones is 1. The van der Waals surface area contributed by atoms with Gasteiger partial charge in [0, 0.05) is 6.20 Å². The van der Waals surface area contributed by atoms with Gasteiger partial charge in [0.05, 0.1) is 24.4 Å². The number of methoxy groups -OCH3 is 1. The molecule has 0 spiro atoms. The number of aromatic hydroxyl groups is 1. The molecule has 0 bridgehead atoms. The van der Waals surface area contributed by atoms with E-state index in [1.807, 2.05) is 29.7 Å². The van der Waals surface area contributed by atoms with Crippen LogP contribution >= 0.6 is 11.3 Å². The number of Topliss-reactive ketones (excluding diaryl/α,β-unsaturated/α-hetero) is 1. The summed E-state index contributed by atoms with van der Waals surface area (Å²) in [6.07, 6.45) is 1.81. The van der Waals surface area contributed by atoms with Crippen LogP contribution in [0.25, 0.3) is 11.4 Å². The number of fused-ring (bicyclic) bond motifs is 1. The second-order valence-corrected chi connectivity index (χ2v) is 9.29. The van der Waals surface area contributed by atoms with Crippen LogP contribution in [0.2, 0.25) is 0 Å². The zero-order chi connectivity index (χ0) is 25.0. The third kappa shape index (κ3) is 3.43. The van der Waals surface area contributed by atoms with Gasteiger partial charge in [-0.3, -0.25) is 14.5 Å². The molecule has 1 aliphatic rings. The van der Waals surface area contributed by atoms with Crippen molar-refractivity contribution in [3.05, 3.63) is 69.6 Å². The van der Waals surface area contributed by atoms with Crippen molar-refractivity contribution < 1.29 is 24.5 Å². The van der Waals surface area contributed by atoms with Gasteiger partial charge in [0.15, 0.2) is 17.3 Å². The Balaban J connectivity index is 1.78. The highest BCUT2D eigenvalue weighted by molar-refractivity contribution is 7.15. The number of hydrogen-bond acceptors (Lipinski definition) is 9. The number of carbonyl (C=O) groups excluding carboxylic acids is 2. The van der Waals surface area contributed by atoms with Crippen molar-refractivity contribution in [2.45, 2.75) is 26.8 Å². The van der Waals surface area contributed by atoms with E-state index in [1.54, 1.807) is 19.9 Å². The van der Waals surface area contributed by atoms with E-state index < -0.39 is 23.5 Å². The van der Waals surface area contributed by atoms with E-state index in [2.05, 4.69) is 15.2 Å². The Kier molecular flexibility index (Phi) is 5.28. The number of imidazole rings is 1. The molecule has 1 atom stereocenters. The summed E-state index contributed by atoms with van der Waals surface area (Å²) in [5.74, 6) is -2.07. The number of amides is 1. The van der Waals surface area contributed by atoms with Crippen LogP contribution in [0.15, 0.2) is 42.1 Å². The number of anilines is 1. The molecule has 0 aliphatic carbocycles. The van der Waals surface area contributed by atoms with E-state index in [-0.39, 0.29) is 27.9 Å². The average Bonchev–Trinajstić information content (AvgIpc) is 3.49. The first-order chi connectivity index (χ1) is 16.7. The molecule has 1 amide bonds. The van der Waals surface area contributed by atoms with Crippen molar-refractivity contribution in [1.29, 1.82) is 0 Å². The Bertz CT molecular complexity index is 1550. The number of aliphatic hydroxyl groups is 1. The fourth-order valence-corrected chi connectivity index (χ4v) is 4.98. The number of phenolic OH excluding ortho intramolecular Hbond substituents is 1. The molecule has 4 aromatic rings. The van der Waals surface area contributed by atoms with Gasteiger partial charge in [-0.25, -0.2) is 4.98 Å². The van der Waals surface area contributed by atoms with Gasteiger partial charge in [-0.15, -0.1) is 10.2 Å². The van der Waals surface area contributed by atoms with Crippen LogP contribution in [-0.2, 0) is 9.59 Å². The minimum Gasteiger partial charge on any atom is -0.505 e. The predicted octanol–water partition coefficient (Wildman–Crippen LogP) is 3.45. The van der Waals surface area contributed by atoms with Gasteiger partial charge in [-0.05, 0) is 50.1 Å². The maximum Gasteiger partial charge on any atom is 0.301 e. The lowest BCUT2D eigenvalue weighted by Gasteiger charge is -2.23. The number of phenols is 1. The second kappa shape index (κ2) is 8.20. The van der Waals surface area contributed by atoms with Gasteiger partial charge >= 0.3 is 5.91 Å². The number of hydrogen-bond donors (Lipinski definition) is 2. The first-order valence-corrected chi connectivity index (χ1v) is 11.5. The summed E-state index contributed by atoms with van der Waals surface area (Å²) in [5, 5.41) is 30.4. The minimum atomic E-state index is -1.04. The third-order valence-corrected chi connectivity index (χ3v) is 6.83. The zero-order valence-corrected chi connectivity index (χ0v) is 20.1. The molecular formula is C24H21N5O5S. The molecule has 178 valence electrons. The third-order valence-electron chi connectivity index (χ3n) is 5.99. The second-order valence-electron chi connectivity index (χ2n) is 8.13. The lowest BCUT2D eigenvalue weighted by atomic mass is 9.96. The summed E-state index contributed by atoms with van der Waals surface area (Å²) in [7, 11) is 1.40. The Labute approximate surface area is 203 Å². The van der Waals surface area contributed by atoms with Crippen LogP contribution in [0.5, 0.6) is 11.5 Å². The van der Waals surface area contributed by atoms with Gasteiger partial charge in [0.1, 0.15) is 16.3 Å².